The van der Waals surface area contributed by atoms with Crippen LogP contribution in [0.4, 0.5) is 0 Å². The third kappa shape index (κ3) is 3.23. The van der Waals surface area contributed by atoms with Crippen LogP contribution in [-0.4, -0.2) is 10.2 Å². The normalized spacial score (nSPS) is 12.5. The lowest BCUT2D eigenvalue weighted by molar-refractivity contribution is 0.575. The highest BCUT2D eigenvalue weighted by Gasteiger charge is 2.10. The molecule has 2 aromatic heterocycles. The number of H-pyrrole nitrogens is 1. The summed E-state index contributed by atoms with van der Waals surface area (Å²) in [7, 11) is 0. The van der Waals surface area contributed by atoms with E-state index in [4.69, 9.17) is 0 Å². The number of nitrogens with one attached hydrogen (secondary N) is 2. The minimum Gasteiger partial charge on any atom is -0.306 e. The second kappa shape index (κ2) is 6.24. The number of aryl methyl sites for hydroxylation is 1. The van der Waals surface area contributed by atoms with Crippen molar-refractivity contribution in [3.05, 3.63) is 64.7 Å². The van der Waals surface area contributed by atoms with Crippen LogP contribution < -0.4 is 5.32 Å². The van der Waals surface area contributed by atoms with E-state index in [0.717, 1.165) is 12.2 Å². The van der Waals surface area contributed by atoms with Gasteiger partial charge in [0.25, 0.3) is 0 Å². The Morgan fingerprint density at radius 3 is 2.95 bits per heavy atom. The van der Waals surface area contributed by atoms with Gasteiger partial charge in [-0.2, -0.15) is 5.10 Å². The Hall–Kier alpha value is -1.91. The number of aromatic amines is 1. The molecule has 3 rings (SSSR count). The summed E-state index contributed by atoms with van der Waals surface area (Å²) in [5.41, 5.74) is 4.94. The average Bonchev–Trinajstić information content (AvgIpc) is 3.15. The zero-order valence-corrected chi connectivity index (χ0v) is 13.1. The van der Waals surface area contributed by atoms with Crippen molar-refractivity contribution >= 4 is 11.3 Å². The predicted molar refractivity (Wildman–Crippen MR) is 88.3 cm³/mol. The Balaban J connectivity index is 1.70. The van der Waals surface area contributed by atoms with Crippen molar-refractivity contribution in [2.75, 3.05) is 0 Å². The molecule has 0 aliphatic carbocycles. The number of hydrogen-bond acceptors (Lipinski definition) is 3. The Kier molecular flexibility index (Phi) is 4.18. The third-order valence-electron chi connectivity index (χ3n) is 3.63. The van der Waals surface area contributed by atoms with E-state index in [1.54, 1.807) is 11.3 Å². The Morgan fingerprint density at radius 1 is 1.29 bits per heavy atom. The summed E-state index contributed by atoms with van der Waals surface area (Å²) in [5, 5.41) is 12.9. The van der Waals surface area contributed by atoms with Gasteiger partial charge in [-0.1, -0.05) is 35.9 Å². The van der Waals surface area contributed by atoms with Gasteiger partial charge < -0.3 is 5.32 Å². The molecule has 3 aromatic rings. The topological polar surface area (TPSA) is 40.7 Å². The quantitative estimate of drug-likeness (QED) is 0.737. The van der Waals surface area contributed by atoms with E-state index in [-0.39, 0.29) is 0 Å². The molecule has 0 saturated carbocycles. The second-order valence-electron chi connectivity index (χ2n) is 5.26. The van der Waals surface area contributed by atoms with Gasteiger partial charge in [0.2, 0.25) is 0 Å². The van der Waals surface area contributed by atoms with Crippen molar-refractivity contribution < 1.29 is 0 Å². The minimum absolute atomic E-state index is 0.316. The van der Waals surface area contributed by atoms with Crippen LogP contribution in [0.1, 0.15) is 29.7 Å². The molecule has 3 nitrogen and oxygen atoms in total. The summed E-state index contributed by atoms with van der Waals surface area (Å²) in [6, 6.07) is 13.1. The molecule has 0 radical (unpaired) electrons. The summed E-state index contributed by atoms with van der Waals surface area (Å²) >= 11 is 1.73. The first kappa shape index (κ1) is 14.0. The second-order valence-corrected chi connectivity index (χ2v) is 6.21. The molecule has 108 valence electrons. The molecule has 21 heavy (non-hydrogen) atoms. The van der Waals surface area contributed by atoms with Crippen molar-refractivity contribution in [3.8, 4) is 10.6 Å². The SMILES string of the molecule is Cc1cccc([C@@H](C)NCc2cn[nH]c2-c2cccs2)c1. The van der Waals surface area contributed by atoms with Gasteiger partial charge in [0.1, 0.15) is 0 Å². The molecule has 4 heteroatoms. The molecule has 1 aromatic carbocycles. The molecule has 2 heterocycles. The molecule has 0 aliphatic rings. The first-order valence-corrected chi connectivity index (χ1v) is 7.98. The smallest absolute Gasteiger partial charge is 0.0794 e. The molecule has 0 spiro atoms. The van der Waals surface area contributed by atoms with Crippen LogP contribution in [0.2, 0.25) is 0 Å². The maximum absolute atomic E-state index is 4.18. The number of rotatable bonds is 5. The van der Waals surface area contributed by atoms with Gasteiger partial charge in [0.15, 0.2) is 0 Å². The van der Waals surface area contributed by atoms with Crippen LogP contribution in [0.3, 0.4) is 0 Å². The van der Waals surface area contributed by atoms with E-state index in [9.17, 15) is 0 Å². The Bertz CT molecular complexity index is 700. The highest BCUT2D eigenvalue weighted by atomic mass is 32.1. The lowest BCUT2D eigenvalue weighted by Gasteiger charge is -2.14. The summed E-state index contributed by atoms with van der Waals surface area (Å²) in [4.78, 5) is 1.23. The molecule has 0 amide bonds. The van der Waals surface area contributed by atoms with Gasteiger partial charge in [-0.05, 0) is 30.9 Å². The summed E-state index contributed by atoms with van der Waals surface area (Å²) in [5.74, 6) is 0. The van der Waals surface area contributed by atoms with Crippen LogP contribution in [0, 0.1) is 6.92 Å². The summed E-state index contributed by atoms with van der Waals surface area (Å²) in [6.45, 7) is 5.12. The summed E-state index contributed by atoms with van der Waals surface area (Å²) in [6.07, 6.45) is 1.91. The molecular weight excluding hydrogens is 278 g/mol. The van der Waals surface area contributed by atoms with Gasteiger partial charge >= 0.3 is 0 Å². The highest BCUT2D eigenvalue weighted by molar-refractivity contribution is 7.13. The Morgan fingerprint density at radius 2 is 2.19 bits per heavy atom. The molecule has 0 fully saturated rings. The van der Waals surface area contributed by atoms with E-state index in [2.05, 4.69) is 71.1 Å². The fourth-order valence-corrected chi connectivity index (χ4v) is 3.16. The van der Waals surface area contributed by atoms with Gasteiger partial charge in [-0.3, -0.25) is 5.10 Å². The van der Waals surface area contributed by atoms with E-state index in [1.807, 2.05) is 6.20 Å². The van der Waals surface area contributed by atoms with E-state index >= 15 is 0 Å². The van der Waals surface area contributed by atoms with Crippen molar-refractivity contribution in [1.29, 1.82) is 0 Å². The Labute approximate surface area is 129 Å². The number of aromatic nitrogens is 2. The van der Waals surface area contributed by atoms with Crippen LogP contribution in [0.15, 0.2) is 48.0 Å². The van der Waals surface area contributed by atoms with E-state index in [0.29, 0.717) is 6.04 Å². The van der Waals surface area contributed by atoms with Crippen LogP contribution >= 0.6 is 11.3 Å². The molecular formula is C17H19N3S. The molecule has 1 atom stereocenters. The first-order valence-electron chi connectivity index (χ1n) is 7.10. The largest absolute Gasteiger partial charge is 0.306 e. The average molecular weight is 297 g/mol. The van der Waals surface area contributed by atoms with Gasteiger partial charge in [-0.25, -0.2) is 0 Å². The number of benzene rings is 1. The predicted octanol–water partition coefficient (Wildman–Crippen LogP) is 4.30. The standard InChI is InChI=1S/C17H19N3S/c1-12-5-3-6-14(9-12)13(2)18-10-15-11-19-20-17(15)16-7-4-8-21-16/h3-9,11,13,18H,10H2,1-2H3,(H,19,20)/t13-/m1/s1. The fourth-order valence-electron chi connectivity index (χ4n) is 2.40. The van der Waals surface area contributed by atoms with Crippen molar-refractivity contribution in [2.24, 2.45) is 0 Å². The van der Waals surface area contributed by atoms with Crippen molar-refractivity contribution in [2.45, 2.75) is 26.4 Å². The highest BCUT2D eigenvalue weighted by Crippen LogP contribution is 2.26. The number of thiophene rings is 1. The molecule has 0 unspecified atom stereocenters. The van der Waals surface area contributed by atoms with Gasteiger partial charge in [0, 0.05) is 18.2 Å². The number of hydrogen-bond donors (Lipinski definition) is 2. The van der Waals surface area contributed by atoms with Crippen molar-refractivity contribution in [1.82, 2.24) is 15.5 Å². The zero-order valence-electron chi connectivity index (χ0n) is 12.3. The molecule has 2 N–H and O–H groups in total. The third-order valence-corrected chi connectivity index (χ3v) is 4.51. The minimum atomic E-state index is 0.316. The lowest BCUT2D eigenvalue weighted by Crippen LogP contribution is -2.18. The zero-order chi connectivity index (χ0) is 14.7. The summed E-state index contributed by atoms with van der Waals surface area (Å²) < 4.78 is 0. The van der Waals surface area contributed by atoms with Crippen LogP contribution in [0.5, 0.6) is 0 Å². The molecule has 0 saturated heterocycles. The first-order chi connectivity index (χ1) is 10.2. The van der Waals surface area contributed by atoms with E-state index in [1.165, 1.54) is 21.6 Å². The monoisotopic (exact) mass is 297 g/mol. The van der Waals surface area contributed by atoms with Gasteiger partial charge in [-0.15, -0.1) is 11.3 Å². The van der Waals surface area contributed by atoms with Gasteiger partial charge in [0.05, 0.1) is 16.8 Å². The maximum atomic E-state index is 4.18. The number of nitrogens with zero attached hydrogens (tertiary/aromatic N) is 1. The van der Waals surface area contributed by atoms with Crippen molar-refractivity contribution in [3.63, 3.8) is 0 Å². The fraction of sp³-hybridized carbons (Fsp3) is 0.235. The van der Waals surface area contributed by atoms with Crippen LogP contribution in [-0.2, 0) is 6.54 Å². The molecule has 0 aliphatic heterocycles. The lowest BCUT2D eigenvalue weighted by atomic mass is 10.1. The molecule has 0 bridgehead atoms. The maximum Gasteiger partial charge on any atom is 0.0794 e. The van der Waals surface area contributed by atoms with E-state index < -0.39 is 0 Å². The van der Waals surface area contributed by atoms with Crippen LogP contribution in [0.25, 0.3) is 10.6 Å².